The number of anilines is 1. The minimum Gasteiger partial charge on any atom is -0.355 e. The lowest BCUT2D eigenvalue weighted by Crippen LogP contribution is -2.12. The molecule has 0 radical (unpaired) electrons. The van der Waals surface area contributed by atoms with Crippen LogP contribution in [-0.2, 0) is 0 Å². The summed E-state index contributed by atoms with van der Waals surface area (Å²) in [7, 11) is 0. The number of aromatic nitrogens is 1. The summed E-state index contributed by atoms with van der Waals surface area (Å²) < 4.78 is 31.3. The number of benzene rings is 2. The van der Waals surface area contributed by atoms with E-state index in [1.165, 1.54) is 12.3 Å². The van der Waals surface area contributed by atoms with Crippen LogP contribution in [0.4, 0.5) is 14.5 Å². The Bertz CT molecular complexity index is 863. The number of carbonyl (C=O) groups excluding carboxylic acids is 1. The van der Waals surface area contributed by atoms with Crippen LogP contribution in [0.25, 0.3) is 11.3 Å². The second-order valence-corrected chi connectivity index (χ2v) is 5.09. The predicted molar refractivity (Wildman–Crippen MR) is 81.3 cm³/mol. The lowest BCUT2D eigenvalue weighted by molar-refractivity contribution is 0.102. The van der Waals surface area contributed by atoms with Crippen molar-refractivity contribution in [1.29, 1.82) is 0 Å². The number of halogens is 3. The Morgan fingerprint density at radius 1 is 1.09 bits per heavy atom. The lowest BCUT2D eigenvalue weighted by atomic mass is 10.1. The van der Waals surface area contributed by atoms with Gasteiger partial charge in [0.25, 0.3) is 5.91 Å². The molecule has 116 valence electrons. The van der Waals surface area contributed by atoms with Gasteiger partial charge in [-0.3, -0.25) is 4.79 Å². The van der Waals surface area contributed by atoms with Crippen LogP contribution in [0.5, 0.6) is 0 Å². The number of rotatable bonds is 3. The van der Waals surface area contributed by atoms with Crippen molar-refractivity contribution in [3.05, 3.63) is 70.9 Å². The second-order valence-electron chi connectivity index (χ2n) is 4.66. The smallest absolute Gasteiger partial charge is 0.261 e. The Hall–Kier alpha value is -2.73. The summed E-state index contributed by atoms with van der Waals surface area (Å²) in [5, 5.41) is 6.73. The molecule has 0 aliphatic carbocycles. The first-order chi connectivity index (χ1) is 11.0. The molecule has 0 atom stereocenters. The van der Waals surface area contributed by atoms with Gasteiger partial charge in [-0.25, -0.2) is 8.78 Å². The Kier molecular flexibility index (Phi) is 4.08. The van der Waals surface area contributed by atoms with Gasteiger partial charge in [-0.2, -0.15) is 0 Å². The molecule has 0 bridgehead atoms. The number of hydrogen-bond acceptors (Lipinski definition) is 3. The van der Waals surface area contributed by atoms with Crippen LogP contribution >= 0.6 is 11.6 Å². The van der Waals surface area contributed by atoms with E-state index in [9.17, 15) is 13.6 Å². The zero-order valence-electron chi connectivity index (χ0n) is 11.5. The summed E-state index contributed by atoms with van der Waals surface area (Å²) in [5.41, 5.74) is 0.838. The first-order valence-electron chi connectivity index (χ1n) is 6.51. The minimum absolute atomic E-state index is 0.0513. The highest BCUT2D eigenvalue weighted by molar-refractivity contribution is 6.30. The molecule has 1 heterocycles. The van der Waals surface area contributed by atoms with Crippen molar-refractivity contribution >= 4 is 23.2 Å². The van der Waals surface area contributed by atoms with E-state index in [0.29, 0.717) is 10.7 Å². The summed E-state index contributed by atoms with van der Waals surface area (Å²) in [5.74, 6) is -2.47. The molecule has 0 unspecified atom stereocenters. The molecule has 0 saturated carbocycles. The third-order valence-corrected chi connectivity index (χ3v) is 3.35. The van der Waals surface area contributed by atoms with E-state index in [4.69, 9.17) is 16.1 Å². The average molecular weight is 335 g/mol. The summed E-state index contributed by atoms with van der Waals surface area (Å²) in [6.45, 7) is 0. The fourth-order valence-corrected chi connectivity index (χ4v) is 2.10. The van der Waals surface area contributed by atoms with Gasteiger partial charge in [-0.05, 0) is 42.5 Å². The molecule has 1 aromatic heterocycles. The van der Waals surface area contributed by atoms with Gasteiger partial charge in [-0.15, -0.1) is 0 Å². The first-order valence-corrected chi connectivity index (χ1v) is 6.89. The van der Waals surface area contributed by atoms with Gasteiger partial charge in [-0.1, -0.05) is 16.8 Å². The molecular formula is C16H9ClF2N2O2. The maximum Gasteiger partial charge on any atom is 0.261 e. The van der Waals surface area contributed by atoms with Crippen molar-refractivity contribution in [2.45, 2.75) is 0 Å². The van der Waals surface area contributed by atoms with Crippen molar-refractivity contribution in [3.8, 4) is 11.3 Å². The molecule has 0 aliphatic rings. The largest absolute Gasteiger partial charge is 0.355 e. The van der Waals surface area contributed by atoms with Crippen molar-refractivity contribution in [2.75, 3.05) is 5.32 Å². The van der Waals surface area contributed by atoms with Crippen LogP contribution in [-0.4, -0.2) is 11.1 Å². The molecule has 4 nitrogen and oxygen atoms in total. The average Bonchev–Trinajstić information content (AvgIpc) is 3.02. The van der Waals surface area contributed by atoms with E-state index in [0.717, 1.165) is 12.1 Å². The highest BCUT2D eigenvalue weighted by Crippen LogP contribution is 2.26. The summed E-state index contributed by atoms with van der Waals surface area (Å²) in [4.78, 5) is 12.3. The molecule has 2 aromatic carbocycles. The maximum atomic E-state index is 13.3. The van der Waals surface area contributed by atoms with Gasteiger partial charge in [0.15, 0.2) is 17.4 Å². The topological polar surface area (TPSA) is 55.1 Å². The number of nitrogens with one attached hydrogen (secondary N) is 1. The van der Waals surface area contributed by atoms with Crippen molar-refractivity contribution in [2.24, 2.45) is 0 Å². The quantitative estimate of drug-likeness (QED) is 0.766. The molecule has 1 N–H and O–H groups in total. The SMILES string of the molecule is O=C(Nc1ccc(Cl)cc1)c1cnoc1-c1ccc(F)c(F)c1. The number of carbonyl (C=O) groups is 1. The van der Waals surface area contributed by atoms with Gasteiger partial charge in [0, 0.05) is 16.3 Å². The van der Waals surface area contributed by atoms with E-state index in [-0.39, 0.29) is 16.9 Å². The van der Waals surface area contributed by atoms with E-state index < -0.39 is 17.5 Å². The van der Waals surface area contributed by atoms with Crippen LogP contribution in [0, 0.1) is 11.6 Å². The van der Waals surface area contributed by atoms with Crippen molar-refractivity contribution < 1.29 is 18.1 Å². The van der Waals surface area contributed by atoms with Gasteiger partial charge in [0.05, 0.1) is 6.20 Å². The van der Waals surface area contributed by atoms with E-state index in [2.05, 4.69) is 10.5 Å². The molecule has 3 aromatic rings. The fourth-order valence-electron chi connectivity index (χ4n) is 1.98. The Balaban J connectivity index is 1.89. The summed E-state index contributed by atoms with van der Waals surface area (Å²) >= 11 is 5.78. The normalized spacial score (nSPS) is 10.6. The van der Waals surface area contributed by atoms with Gasteiger partial charge in [0.1, 0.15) is 5.56 Å². The summed E-state index contributed by atoms with van der Waals surface area (Å²) in [6, 6.07) is 9.71. The van der Waals surface area contributed by atoms with Gasteiger partial charge < -0.3 is 9.84 Å². The van der Waals surface area contributed by atoms with Gasteiger partial charge in [0.2, 0.25) is 0 Å². The van der Waals surface area contributed by atoms with Crippen LogP contribution < -0.4 is 5.32 Å². The van der Waals surface area contributed by atoms with Crippen molar-refractivity contribution in [3.63, 3.8) is 0 Å². The monoisotopic (exact) mass is 334 g/mol. The van der Waals surface area contributed by atoms with E-state index >= 15 is 0 Å². The Labute approximate surface area is 134 Å². The zero-order valence-corrected chi connectivity index (χ0v) is 12.3. The third kappa shape index (κ3) is 3.22. The molecule has 1 amide bonds. The molecular weight excluding hydrogens is 326 g/mol. The Morgan fingerprint density at radius 3 is 2.52 bits per heavy atom. The molecule has 23 heavy (non-hydrogen) atoms. The molecule has 0 saturated heterocycles. The van der Waals surface area contributed by atoms with Crippen LogP contribution in [0.1, 0.15) is 10.4 Å². The fraction of sp³-hybridized carbons (Fsp3) is 0. The first kappa shape index (κ1) is 15.2. The highest BCUT2D eigenvalue weighted by atomic mass is 35.5. The minimum atomic E-state index is -1.04. The standard InChI is InChI=1S/C16H9ClF2N2O2/c17-10-2-4-11(5-3-10)21-16(22)12-8-20-23-15(12)9-1-6-13(18)14(19)7-9/h1-8H,(H,21,22). The van der Waals surface area contributed by atoms with Crippen LogP contribution in [0.15, 0.2) is 53.2 Å². The number of nitrogens with zero attached hydrogens (tertiary/aromatic N) is 1. The van der Waals surface area contributed by atoms with E-state index in [1.54, 1.807) is 24.3 Å². The number of amides is 1. The molecule has 0 fully saturated rings. The third-order valence-electron chi connectivity index (χ3n) is 3.10. The maximum absolute atomic E-state index is 13.3. The van der Waals surface area contributed by atoms with Crippen molar-refractivity contribution in [1.82, 2.24) is 5.16 Å². The highest BCUT2D eigenvalue weighted by Gasteiger charge is 2.19. The molecule has 0 aliphatic heterocycles. The molecule has 7 heteroatoms. The predicted octanol–water partition coefficient (Wildman–Crippen LogP) is 4.53. The van der Waals surface area contributed by atoms with Crippen LogP contribution in [0.3, 0.4) is 0 Å². The molecule has 0 spiro atoms. The second kappa shape index (κ2) is 6.18. The lowest BCUT2D eigenvalue weighted by Gasteiger charge is -2.05. The Morgan fingerprint density at radius 2 is 1.83 bits per heavy atom. The van der Waals surface area contributed by atoms with Crippen LogP contribution in [0.2, 0.25) is 5.02 Å². The van der Waals surface area contributed by atoms with E-state index in [1.807, 2.05) is 0 Å². The summed E-state index contributed by atoms with van der Waals surface area (Å²) in [6.07, 6.45) is 1.21. The number of hydrogen-bond donors (Lipinski definition) is 1. The molecule has 3 rings (SSSR count). The van der Waals surface area contributed by atoms with Gasteiger partial charge >= 0.3 is 0 Å². The zero-order chi connectivity index (χ0) is 16.4.